The number of benzene rings is 1. The number of nitrogens with zero attached hydrogens (tertiary/aromatic N) is 1. The quantitative estimate of drug-likeness (QED) is 0.911. The van der Waals surface area contributed by atoms with Crippen molar-refractivity contribution in [3.63, 3.8) is 0 Å². The van der Waals surface area contributed by atoms with Crippen molar-refractivity contribution in [2.45, 2.75) is 17.9 Å². The summed E-state index contributed by atoms with van der Waals surface area (Å²) in [6.07, 6.45) is 1.69. The van der Waals surface area contributed by atoms with Gasteiger partial charge in [0.05, 0.1) is 5.69 Å². The van der Waals surface area contributed by atoms with Gasteiger partial charge in [0.1, 0.15) is 6.26 Å². The van der Waals surface area contributed by atoms with Gasteiger partial charge in [0.2, 0.25) is 5.89 Å². The molecular weight excluding hydrogens is 268 g/mol. The second-order valence-electron chi connectivity index (χ2n) is 4.01. The molecule has 0 saturated carbocycles. The monoisotopic (exact) mass is 282 g/mol. The number of thioether (sulfide) groups is 1. The number of rotatable bonds is 5. The summed E-state index contributed by atoms with van der Waals surface area (Å²) in [7, 11) is 0. The van der Waals surface area contributed by atoms with Crippen molar-refractivity contribution < 1.29 is 4.42 Å². The Balaban J connectivity index is 2.03. The molecule has 2 N–H and O–H groups in total. The summed E-state index contributed by atoms with van der Waals surface area (Å²) in [5.74, 6) is 1.44. The van der Waals surface area contributed by atoms with Crippen molar-refractivity contribution >= 4 is 23.4 Å². The summed E-state index contributed by atoms with van der Waals surface area (Å²) in [4.78, 5) is 4.45. The first-order valence-corrected chi connectivity index (χ1v) is 7.13. The Kier molecular flexibility index (Phi) is 4.69. The maximum absolute atomic E-state index is 5.84. The lowest BCUT2D eigenvalue weighted by atomic mass is 10.2. The zero-order valence-electron chi connectivity index (χ0n) is 10.1. The standard InChI is InChI=1S/C13H15ClN2OS/c1-9(6-15)18-8-12-7-17-13(16-12)10-2-4-11(14)5-3-10/h2-5,7,9H,6,8,15H2,1H3. The molecule has 1 aromatic carbocycles. The minimum Gasteiger partial charge on any atom is -0.444 e. The molecule has 2 aromatic rings. The zero-order valence-corrected chi connectivity index (χ0v) is 11.7. The fourth-order valence-corrected chi connectivity index (χ4v) is 2.24. The second kappa shape index (κ2) is 6.27. The Bertz CT molecular complexity index is 498. The maximum Gasteiger partial charge on any atom is 0.226 e. The molecule has 1 atom stereocenters. The van der Waals surface area contributed by atoms with E-state index in [9.17, 15) is 0 Å². The minimum atomic E-state index is 0.431. The molecule has 0 bridgehead atoms. The molecule has 3 nitrogen and oxygen atoms in total. The molecule has 0 amide bonds. The van der Waals surface area contributed by atoms with E-state index in [2.05, 4.69) is 11.9 Å². The summed E-state index contributed by atoms with van der Waals surface area (Å²) in [5.41, 5.74) is 7.44. The first-order chi connectivity index (χ1) is 8.69. The predicted molar refractivity (Wildman–Crippen MR) is 76.8 cm³/mol. The molecule has 0 spiro atoms. The van der Waals surface area contributed by atoms with Crippen molar-refractivity contribution in [3.05, 3.63) is 41.2 Å². The molecule has 0 radical (unpaired) electrons. The van der Waals surface area contributed by atoms with E-state index in [4.69, 9.17) is 21.8 Å². The van der Waals surface area contributed by atoms with Gasteiger partial charge < -0.3 is 10.2 Å². The van der Waals surface area contributed by atoms with Crippen molar-refractivity contribution in [2.75, 3.05) is 6.54 Å². The van der Waals surface area contributed by atoms with E-state index in [0.717, 1.165) is 17.0 Å². The Labute approximate surface area is 116 Å². The topological polar surface area (TPSA) is 52.0 Å². The fraction of sp³-hybridized carbons (Fsp3) is 0.308. The van der Waals surface area contributed by atoms with Gasteiger partial charge in [-0.3, -0.25) is 0 Å². The van der Waals surface area contributed by atoms with Gasteiger partial charge in [0.15, 0.2) is 0 Å². The predicted octanol–water partition coefficient (Wildman–Crippen LogP) is 3.58. The van der Waals surface area contributed by atoms with Crippen molar-refractivity contribution in [1.29, 1.82) is 0 Å². The van der Waals surface area contributed by atoms with E-state index < -0.39 is 0 Å². The Morgan fingerprint density at radius 3 is 2.78 bits per heavy atom. The van der Waals surface area contributed by atoms with Gasteiger partial charge in [0, 0.05) is 28.1 Å². The number of hydrogen-bond acceptors (Lipinski definition) is 4. The van der Waals surface area contributed by atoms with E-state index in [1.54, 1.807) is 18.0 Å². The van der Waals surface area contributed by atoms with Crippen LogP contribution in [0.4, 0.5) is 0 Å². The fourth-order valence-electron chi connectivity index (χ4n) is 1.39. The molecule has 1 unspecified atom stereocenters. The molecule has 5 heteroatoms. The van der Waals surface area contributed by atoms with E-state index in [0.29, 0.717) is 22.7 Å². The molecule has 96 valence electrons. The van der Waals surface area contributed by atoms with E-state index >= 15 is 0 Å². The molecule has 18 heavy (non-hydrogen) atoms. The van der Waals surface area contributed by atoms with Crippen LogP contribution in [-0.2, 0) is 5.75 Å². The van der Waals surface area contributed by atoms with Gasteiger partial charge in [-0.2, -0.15) is 11.8 Å². The lowest BCUT2D eigenvalue weighted by Crippen LogP contribution is -2.12. The maximum atomic E-state index is 5.84. The van der Waals surface area contributed by atoms with Crippen LogP contribution >= 0.6 is 23.4 Å². The van der Waals surface area contributed by atoms with Crippen molar-refractivity contribution in [3.8, 4) is 11.5 Å². The number of nitrogens with two attached hydrogens (primary N) is 1. The van der Waals surface area contributed by atoms with Crippen LogP contribution in [0.3, 0.4) is 0 Å². The van der Waals surface area contributed by atoms with Crippen LogP contribution in [0.2, 0.25) is 5.02 Å². The Morgan fingerprint density at radius 2 is 2.11 bits per heavy atom. The van der Waals surface area contributed by atoms with E-state index in [1.807, 2.05) is 24.3 Å². The van der Waals surface area contributed by atoms with Crippen LogP contribution in [0.15, 0.2) is 34.9 Å². The largest absolute Gasteiger partial charge is 0.444 e. The highest BCUT2D eigenvalue weighted by Gasteiger charge is 2.08. The summed E-state index contributed by atoms with van der Waals surface area (Å²) in [6, 6.07) is 7.44. The van der Waals surface area contributed by atoms with Gasteiger partial charge in [-0.15, -0.1) is 0 Å². The van der Waals surface area contributed by atoms with Gasteiger partial charge in [-0.1, -0.05) is 18.5 Å². The first-order valence-electron chi connectivity index (χ1n) is 5.71. The summed E-state index contributed by atoms with van der Waals surface area (Å²) >= 11 is 7.61. The lowest BCUT2D eigenvalue weighted by Gasteiger charge is -2.04. The molecule has 0 aliphatic heterocycles. The van der Waals surface area contributed by atoms with Crippen LogP contribution in [-0.4, -0.2) is 16.8 Å². The van der Waals surface area contributed by atoms with Gasteiger partial charge >= 0.3 is 0 Å². The summed E-state index contributed by atoms with van der Waals surface area (Å²) in [6.45, 7) is 2.78. The summed E-state index contributed by atoms with van der Waals surface area (Å²) < 4.78 is 5.46. The molecular formula is C13H15ClN2OS. The normalized spacial score (nSPS) is 12.6. The van der Waals surface area contributed by atoms with Crippen LogP contribution in [0.1, 0.15) is 12.6 Å². The van der Waals surface area contributed by atoms with E-state index in [1.165, 1.54) is 0 Å². The lowest BCUT2D eigenvalue weighted by molar-refractivity contribution is 0.573. The smallest absolute Gasteiger partial charge is 0.226 e. The molecule has 1 aromatic heterocycles. The highest BCUT2D eigenvalue weighted by molar-refractivity contribution is 7.99. The van der Waals surface area contributed by atoms with Crippen LogP contribution < -0.4 is 5.73 Å². The number of oxazole rings is 1. The third-order valence-electron chi connectivity index (χ3n) is 2.49. The average molecular weight is 283 g/mol. The van der Waals surface area contributed by atoms with E-state index in [-0.39, 0.29) is 0 Å². The van der Waals surface area contributed by atoms with Gasteiger partial charge in [-0.25, -0.2) is 4.98 Å². The van der Waals surface area contributed by atoms with Crippen molar-refractivity contribution in [2.24, 2.45) is 5.73 Å². The minimum absolute atomic E-state index is 0.431. The second-order valence-corrected chi connectivity index (χ2v) is 5.87. The zero-order chi connectivity index (χ0) is 13.0. The van der Waals surface area contributed by atoms with Gasteiger partial charge in [-0.05, 0) is 24.3 Å². The van der Waals surface area contributed by atoms with Crippen molar-refractivity contribution in [1.82, 2.24) is 4.98 Å². The molecule has 0 fully saturated rings. The molecule has 0 aliphatic rings. The Morgan fingerprint density at radius 1 is 1.39 bits per heavy atom. The highest BCUT2D eigenvalue weighted by Crippen LogP contribution is 2.23. The number of halogens is 1. The first kappa shape index (κ1) is 13.5. The molecule has 2 rings (SSSR count). The number of hydrogen-bond donors (Lipinski definition) is 1. The molecule has 1 heterocycles. The van der Waals surface area contributed by atoms with Crippen LogP contribution in [0.5, 0.6) is 0 Å². The number of aromatic nitrogens is 1. The average Bonchev–Trinajstić information content (AvgIpc) is 2.85. The SMILES string of the molecule is CC(CN)SCc1coc(-c2ccc(Cl)cc2)n1. The van der Waals surface area contributed by atoms with Gasteiger partial charge in [0.25, 0.3) is 0 Å². The summed E-state index contributed by atoms with van der Waals surface area (Å²) in [5, 5.41) is 1.14. The molecule has 0 saturated heterocycles. The Hall–Kier alpha value is -0.970. The van der Waals surface area contributed by atoms with Crippen LogP contribution in [0.25, 0.3) is 11.5 Å². The molecule has 0 aliphatic carbocycles. The van der Waals surface area contributed by atoms with Crippen LogP contribution in [0, 0.1) is 0 Å². The third kappa shape index (κ3) is 3.51. The highest BCUT2D eigenvalue weighted by atomic mass is 35.5. The third-order valence-corrected chi connectivity index (χ3v) is 3.97.